The Bertz CT molecular complexity index is 821. The average Bonchev–Trinajstić information content (AvgIpc) is 3.32. The van der Waals surface area contributed by atoms with Gasteiger partial charge in [0.1, 0.15) is 0 Å². The van der Waals surface area contributed by atoms with Gasteiger partial charge in [-0.3, -0.25) is 9.59 Å². The third kappa shape index (κ3) is 2.98. The molecule has 1 aromatic carbocycles. The van der Waals surface area contributed by atoms with Crippen LogP contribution in [-0.4, -0.2) is 36.3 Å². The summed E-state index contributed by atoms with van der Waals surface area (Å²) in [5, 5.41) is 5.27. The zero-order chi connectivity index (χ0) is 19.1. The lowest BCUT2D eigenvalue weighted by molar-refractivity contribution is -0.140. The van der Waals surface area contributed by atoms with E-state index in [9.17, 15) is 9.59 Å². The van der Waals surface area contributed by atoms with Crippen molar-refractivity contribution in [1.82, 2.24) is 5.01 Å². The number of fused-ring (bicyclic) bond motifs is 5. The van der Waals surface area contributed by atoms with Gasteiger partial charge >= 0.3 is 0 Å². The van der Waals surface area contributed by atoms with Gasteiger partial charge in [0.05, 0.1) is 31.3 Å². The maximum absolute atomic E-state index is 12.7. The zero-order valence-electron chi connectivity index (χ0n) is 15.2. The topological polar surface area (TPSA) is 68.2 Å². The van der Waals surface area contributed by atoms with Crippen LogP contribution in [0.15, 0.2) is 33.9 Å². The van der Waals surface area contributed by atoms with E-state index in [1.807, 2.05) is 19.9 Å². The first-order valence-corrected chi connectivity index (χ1v) is 10.0. The molecule has 0 radical (unpaired) electrons. The summed E-state index contributed by atoms with van der Waals surface area (Å²) in [5.41, 5.74) is 0.709. The number of hydrazone groups is 1. The number of rotatable bonds is 6. The summed E-state index contributed by atoms with van der Waals surface area (Å²) in [6, 6.07) is 3.60. The van der Waals surface area contributed by atoms with Crippen molar-refractivity contribution in [2.75, 3.05) is 13.2 Å². The lowest BCUT2D eigenvalue weighted by Gasteiger charge is -2.14. The molecule has 2 bridgehead atoms. The summed E-state index contributed by atoms with van der Waals surface area (Å²) < 4.78 is 12.0. The van der Waals surface area contributed by atoms with Crippen molar-refractivity contribution in [3.05, 3.63) is 34.3 Å². The molecule has 1 saturated heterocycles. The molecule has 2 amide bonds. The molecule has 0 unspecified atom stereocenters. The highest BCUT2D eigenvalue weighted by atomic mass is 79.9. The molecule has 0 N–H and O–H groups in total. The highest BCUT2D eigenvalue weighted by Crippen LogP contribution is 2.52. The summed E-state index contributed by atoms with van der Waals surface area (Å²) in [5.74, 6) is 0.725. The number of carbonyl (C=O) groups excluding carboxylic acids is 2. The third-order valence-electron chi connectivity index (χ3n) is 5.42. The first kappa shape index (κ1) is 18.2. The van der Waals surface area contributed by atoms with Gasteiger partial charge in [-0.2, -0.15) is 10.1 Å². The number of nitrogens with zero attached hydrogens (tertiary/aromatic N) is 2. The highest BCUT2D eigenvalue weighted by molar-refractivity contribution is 9.10. The lowest BCUT2D eigenvalue weighted by atomic mass is 9.85. The molecule has 6 nitrogen and oxygen atoms in total. The van der Waals surface area contributed by atoms with Gasteiger partial charge in [-0.15, -0.1) is 0 Å². The van der Waals surface area contributed by atoms with Crippen LogP contribution in [-0.2, 0) is 9.59 Å². The third-order valence-corrected chi connectivity index (χ3v) is 6.11. The van der Waals surface area contributed by atoms with Crippen LogP contribution in [0.3, 0.4) is 0 Å². The zero-order valence-corrected chi connectivity index (χ0v) is 16.8. The molecule has 3 aliphatic rings. The molecule has 0 spiro atoms. The Morgan fingerprint density at radius 2 is 1.63 bits per heavy atom. The molecular formula is C20H21BrN2O4. The Morgan fingerprint density at radius 3 is 2.19 bits per heavy atom. The Labute approximate surface area is 166 Å². The van der Waals surface area contributed by atoms with E-state index in [0.717, 1.165) is 15.9 Å². The number of hydrogen-bond donors (Lipinski definition) is 0. The normalized spacial score (nSPS) is 28.5. The van der Waals surface area contributed by atoms with E-state index in [2.05, 4.69) is 33.2 Å². The summed E-state index contributed by atoms with van der Waals surface area (Å²) >= 11 is 3.49. The number of amides is 2. The molecule has 1 aromatic rings. The summed E-state index contributed by atoms with van der Waals surface area (Å²) in [7, 11) is 0. The standard InChI is InChI=1S/C20H21BrN2O4/c1-3-26-15-8-13(14(21)9-16(15)27-4-2)10-22-23-19(24)17-11-5-6-12(7-11)18(17)20(23)25/h5-6,8-12,17-18H,3-4,7H2,1-2H3/t11-,12-,17-,18+/m0/s1. The quantitative estimate of drug-likeness (QED) is 0.392. The second kappa shape index (κ2) is 7.11. The summed E-state index contributed by atoms with van der Waals surface area (Å²) in [6.45, 7) is 4.83. The number of imide groups is 1. The second-order valence-electron chi connectivity index (χ2n) is 6.92. The summed E-state index contributed by atoms with van der Waals surface area (Å²) in [6.07, 6.45) is 6.57. The molecule has 4 rings (SSSR count). The van der Waals surface area contributed by atoms with Crippen molar-refractivity contribution >= 4 is 34.0 Å². The largest absolute Gasteiger partial charge is 0.490 e. The lowest BCUT2D eigenvalue weighted by Crippen LogP contribution is -2.28. The number of halogens is 1. The van der Waals surface area contributed by atoms with Crippen molar-refractivity contribution < 1.29 is 19.1 Å². The molecule has 1 saturated carbocycles. The van der Waals surface area contributed by atoms with E-state index in [4.69, 9.17) is 9.47 Å². The SMILES string of the molecule is CCOc1cc(Br)c(C=NN2C(=O)[C@@H]3[C@H](C2=O)[C@H]2C=C[C@H]3C2)cc1OCC. The van der Waals surface area contributed by atoms with E-state index in [1.54, 1.807) is 6.07 Å². The Hall–Kier alpha value is -2.15. The molecular weight excluding hydrogens is 412 g/mol. The van der Waals surface area contributed by atoms with E-state index >= 15 is 0 Å². The minimum absolute atomic E-state index is 0.179. The fraction of sp³-hybridized carbons (Fsp3) is 0.450. The van der Waals surface area contributed by atoms with Crippen LogP contribution in [0.2, 0.25) is 0 Å². The minimum Gasteiger partial charge on any atom is -0.490 e. The number of allylic oxidation sites excluding steroid dienone is 2. The van der Waals surface area contributed by atoms with Gasteiger partial charge in [0.2, 0.25) is 0 Å². The maximum Gasteiger partial charge on any atom is 0.254 e. The van der Waals surface area contributed by atoms with Crippen LogP contribution in [0, 0.1) is 23.7 Å². The molecule has 1 heterocycles. The first-order valence-electron chi connectivity index (χ1n) is 9.24. The summed E-state index contributed by atoms with van der Waals surface area (Å²) in [4.78, 5) is 25.4. The van der Waals surface area contributed by atoms with Gasteiger partial charge in [-0.25, -0.2) is 0 Å². The molecule has 142 valence electrons. The number of hydrogen-bond acceptors (Lipinski definition) is 5. The van der Waals surface area contributed by atoms with Gasteiger partial charge in [0.15, 0.2) is 11.5 Å². The minimum atomic E-state index is -0.243. The molecule has 4 atom stereocenters. The van der Waals surface area contributed by atoms with Crippen molar-refractivity contribution in [3.63, 3.8) is 0 Å². The van der Waals surface area contributed by atoms with Crippen LogP contribution in [0.25, 0.3) is 0 Å². The van der Waals surface area contributed by atoms with E-state index < -0.39 is 0 Å². The van der Waals surface area contributed by atoms with E-state index in [-0.39, 0.29) is 35.5 Å². The molecule has 27 heavy (non-hydrogen) atoms. The van der Waals surface area contributed by atoms with Crippen LogP contribution in [0.4, 0.5) is 0 Å². The smallest absolute Gasteiger partial charge is 0.254 e. The van der Waals surface area contributed by atoms with Crippen molar-refractivity contribution in [3.8, 4) is 11.5 Å². The van der Waals surface area contributed by atoms with E-state index in [1.165, 1.54) is 6.21 Å². The molecule has 1 aliphatic heterocycles. The predicted octanol–water partition coefficient (Wildman–Crippen LogP) is 3.39. The van der Waals surface area contributed by atoms with Crippen LogP contribution >= 0.6 is 15.9 Å². The van der Waals surface area contributed by atoms with Crippen LogP contribution in [0.5, 0.6) is 11.5 Å². The van der Waals surface area contributed by atoms with Crippen molar-refractivity contribution in [1.29, 1.82) is 0 Å². The number of ether oxygens (including phenoxy) is 2. The maximum atomic E-state index is 12.7. The van der Waals surface area contributed by atoms with Gasteiger partial charge in [0.25, 0.3) is 11.8 Å². The Morgan fingerprint density at radius 1 is 1.07 bits per heavy atom. The fourth-order valence-corrected chi connectivity index (χ4v) is 4.73. The first-order chi connectivity index (χ1) is 13.0. The number of benzene rings is 1. The Kier molecular flexibility index (Phi) is 4.80. The highest BCUT2D eigenvalue weighted by Gasteiger charge is 2.59. The van der Waals surface area contributed by atoms with Crippen molar-refractivity contribution in [2.45, 2.75) is 20.3 Å². The fourth-order valence-electron chi connectivity index (χ4n) is 4.31. The van der Waals surface area contributed by atoms with Crippen LogP contribution in [0.1, 0.15) is 25.8 Å². The van der Waals surface area contributed by atoms with Gasteiger partial charge in [-0.05, 0) is 60.2 Å². The monoisotopic (exact) mass is 432 g/mol. The van der Waals surface area contributed by atoms with Gasteiger partial charge < -0.3 is 9.47 Å². The van der Waals surface area contributed by atoms with Gasteiger partial charge in [0, 0.05) is 10.0 Å². The molecule has 7 heteroatoms. The predicted molar refractivity (Wildman–Crippen MR) is 104 cm³/mol. The average molecular weight is 433 g/mol. The van der Waals surface area contributed by atoms with Gasteiger partial charge in [-0.1, -0.05) is 12.2 Å². The molecule has 0 aromatic heterocycles. The second-order valence-corrected chi connectivity index (χ2v) is 7.77. The molecule has 2 aliphatic carbocycles. The molecule has 2 fully saturated rings. The number of carbonyl (C=O) groups is 2. The van der Waals surface area contributed by atoms with Crippen LogP contribution < -0.4 is 9.47 Å². The Balaban J connectivity index is 1.59. The van der Waals surface area contributed by atoms with E-state index in [0.29, 0.717) is 30.3 Å². The van der Waals surface area contributed by atoms with Crippen molar-refractivity contribution in [2.24, 2.45) is 28.8 Å².